The number of nitrogens with one attached hydrogen (secondary N) is 1. The molecule has 2 aromatic rings. The molecule has 0 saturated heterocycles. The molecule has 0 unspecified atom stereocenters. The van der Waals surface area contributed by atoms with Gasteiger partial charge in [0.05, 0.1) is 12.8 Å². The van der Waals surface area contributed by atoms with Crippen LogP contribution in [0.25, 0.3) is 0 Å². The molecule has 2 rings (SSSR count). The van der Waals surface area contributed by atoms with Gasteiger partial charge in [0, 0.05) is 10.2 Å². The average molecular weight is 336 g/mol. The Morgan fingerprint density at radius 2 is 2.10 bits per heavy atom. The van der Waals surface area contributed by atoms with Gasteiger partial charge in [0.25, 0.3) is 0 Å². The molecule has 104 valence electrons. The van der Waals surface area contributed by atoms with Crippen LogP contribution in [-0.4, -0.2) is 18.1 Å². The monoisotopic (exact) mass is 335 g/mol. The lowest BCUT2D eigenvalue weighted by Crippen LogP contribution is -2.08. The lowest BCUT2D eigenvalue weighted by molar-refractivity contribution is 0.0594. The van der Waals surface area contributed by atoms with Gasteiger partial charge in [-0.05, 0) is 42.8 Å². The van der Waals surface area contributed by atoms with E-state index >= 15 is 0 Å². The van der Waals surface area contributed by atoms with E-state index in [9.17, 15) is 4.79 Å². The van der Waals surface area contributed by atoms with Gasteiger partial charge in [-0.2, -0.15) is 0 Å². The highest BCUT2D eigenvalue weighted by Gasteiger charge is 2.10. The van der Waals surface area contributed by atoms with E-state index in [2.05, 4.69) is 31.0 Å². The smallest absolute Gasteiger partial charge is 0.356 e. The van der Waals surface area contributed by atoms with Crippen LogP contribution in [-0.2, 0) is 4.74 Å². The Morgan fingerprint density at radius 1 is 1.35 bits per heavy atom. The minimum absolute atomic E-state index is 0.207. The van der Waals surface area contributed by atoms with Gasteiger partial charge in [-0.15, -0.1) is 0 Å². The summed E-state index contributed by atoms with van der Waals surface area (Å²) in [5.74, 6) is -0.0744. The number of hydrogen-bond acceptors (Lipinski definition) is 5. The number of aromatic nitrogens is 1. The molecule has 1 aromatic heterocycles. The number of aryl methyl sites for hydroxylation is 1. The zero-order valence-electron chi connectivity index (χ0n) is 11.1. The number of nitrogens with two attached hydrogens (primary N) is 1. The molecular weight excluding hydrogens is 322 g/mol. The number of carbonyl (C=O) groups excluding carboxylic acids is 1. The van der Waals surface area contributed by atoms with Gasteiger partial charge in [0.15, 0.2) is 11.5 Å². The maximum absolute atomic E-state index is 11.5. The van der Waals surface area contributed by atoms with Crippen molar-refractivity contribution in [2.75, 3.05) is 18.2 Å². The van der Waals surface area contributed by atoms with Crippen molar-refractivity contribution in [3.05, 3.63) is 46.1 Å². The van der Waals surface area contributed by atoms with Crippen molar-refractivity contribution in [3.8, 4) is 0 Å². The minimum Gasteiger partial charge on any atom is -0.464 e. The van der Waals surface area contributed by atoms with Crippen LogP contribution in [0.15, 0.2) is 34.8 Å². The lowest BCUT2D eigenvalue weighted by Gasteiger charge is -2.10. The largest absolute Gasteiger partial charge is 0.464 e. The summed E-state index contributed by atoms with van der Waals surface area (Å²) >= 11 is 3.44. The predicted molar refractivity (Wildman–Crippen MR) is 82.2 cm³/mol. The average Bonchev–Trinajstić information content (AvgIpc) is 2.44. The summed E-state index contributed by atoms with van der Waals surface area (Å²) in [6, 6.07) is 8.92. The number of nitrogen functional groups attached to an aromatic ring is 1. The molecule has 0 saturated carbocycles. The number of nitrogens with zero attached hydrogens (tertiary/aromatic N) is 1. The summed E-state index contributed by atoms with van der Waals surface area (Å²) in [7, 11) is 1.31. The number of pyridine rings is 1. The lowest BCUT2D eigenvalue weighted by atomic mass is 10.2. The number of hydrogen-bond donors (Lipinski definition) is 2. The van der Waals surface area contributed by atoms with Crippen molar-refractivity contribution in [1.29, 1.82) is 0 Å². The second-order valence-electron chi connectivity index (χ2n) is 4.21. The molecule has 0 fully saturated rings. The van der Waals surface area contributed by atoms with Gasteiger partial charge < -0.3 is 15.8 Å². The maximum atomic E-state index is 11.5. The summed E-state index contributed by atoms with van der Waals surface area (Å²) in [6.45, 7) is 1.98. The van der Waals surface area contributed by atoms with E-state index in [0.29, 0.717) is 11.5 Å². The van der Waals surface area contributed by atoms with Crippen molar-refractivity contribution >= 4 is 39.1 Å². The first-order valence-electron chi connectivity index (χ1n) is 5.89. The van der Waals surface area contributed by atoms with Crippen LogP contribution in [0.5, 0.6) is 0 Å². The third kappa shape index (κ3) is 3.08. The van der Waals surface area contributed by atoms with Crippen molar-refractivity contribution in [1.82, 2.24) is 4.98 Å². The highest BCUT2D eigenvalue weighted by molar-refractivity contribution is 9.10. The summed E-state index contributed by atoms with van der Waals surface area (Å²) in [5.41, 5.74) is 8.44. The summed E-state index contributed by atoms with van der Waals surface area (Å²) < 4.78 is 5.66. The molecule has 0 aliphatic carbocycles. The number of benzene rings is 1. The molecule has 20 heavy (non-hydrogen) atoms. The van der Waals surface area contributed by atoms with Crippen LogP contribution < -0.4 is 11.1 Å². The molecule has 0 amide bonds. The third-order valence-corrected chi connectivity index (χ3v) is 3.63. The molecule has 0 atom stereocenters. The van der Waals surface area contributed by atoms with Crippen LogP contribution >= 0.6 is 15.9 Å². The number of methoxy groups -OCH3 is 1. The van der Waals surface area contributed by atoms with E-state index < -0.39 is 5.97 Å². The highest BCUT2D eigenvalue weighted by atomic mass is 79.9. The molecular formula is C14H14BrN3O2. The van der Waals surface area contributed by atoms with Crippen molar-refractivity contribution < 1.29 is 9.53 Å². The first kappa shape index (κ1) is 14.3. The Kier molecular flexibility index (Phi) is 4.24. The van der Waals surface area contributed by atoms with E-state index in [0.717, 1.165) is 15.7 Å². The molecule has 0 bridgehead atoms. The Balaban J connectivity index is 2.32. The van der Waals surface area contributed by atoms with E-state index in [1.165, 1.54) is 13.2 Å². The fraction of sp³-hybridized carbons (Fsp3) is 0.143. The van der Waals surface area contributed by atoms with E-state index in [-0.39, 0.29) is 5.69 Å². The van der Waals surface area contributed by atoms with Crippen LogP contribution in [0.3, 0.4) is 0 Å². The predicted octanol–water partition coefficient (Wildman–Crippen LogP) is 3.26. The van der Waals surface area contributed by atoms with Crippen molar-refractivity contribution in [2.24, 2.45) is 0 Å². The Labute approximate surface area is 125 Å². The molecule has 5 nitrogen and oxygen atoms in total. The van der Waals surface area contributed by atoms with Crippen molar-refractivity contribution in [2.45, 2.75) is 6.92 Å². The Morgan fingerprint density at radius 3 is 2.75 bits per heavy atom. The standard InChI is InChI=1S/C14H14BrN3O2/c1-8-7-9(3-4-10(8)15)17-13-11(16)5-6-12(18-13)14(19)20-2/h3-7H,16H2,1-2H3,(H,17,18). The number of anilines is 3. The van der Waals surface area contributed by atoms with Crippen LogP contribution in [0.4, 0.5) is 17.2 Å². The van der Waals surface area contributed by atoms with Gasteiger partial charge >= 0.3 is 5.97 Å². The molecule has 6 heteroatoms. The summed E-state index contributed by atoms with van der Waals surface area (Å²) in [4.78, 5) is 15.6. The summed E-state index contributed by atoms with van der Waals surface area (Å²) in [5, 5.41) is 3.09. The maximum Gasteiger partial charge on any atom is 0.356 e. The van der Waals surface area contributed by atoms with Gasteiger partial charge in [0.2, 0.25) is 0 Å². The second-order valence-corrected chi connectivity index (χ2v) is 5.07. The molecule has 0 aliphatic heterocycles. The van der Waals surface area contributed by atoms with Crippen LogP contribution in [0.2, 0.25) is 0 Å². The number of esters is 1. The molecule has 3 N–H and O–H groups in total. The zero-order chi connectivity index (χ0) is 14.7. The quantitative estimate of drug-likeness (QED) is 0.842. The molecule has 1 heterocycles. The Hall–Kier alpha value is -2.08. The number of halogens is 1. The van der Waals surface area contributed by atoms with Crippen molar-refractivity contribution in [3.63, 3.8) is 0 Å². The second kappa shape index (κ2) is 5.92. The molecule has 0 radical (unpaired) electrons. The van der Waals surface area contributed by atoms with Gasteiger partial charge in [-0.3, -0.25) is 0 Å². The fourth-order valence-electron chi connectivity index (χ4n) is 1.65. The van der Waals surface area contributed by atoms with Crippen LogP contribution in [0, 0.1) is 6.92 Å². The number of rotatable bonds is 3. The fourth-order valence-corrected chi connectivity index (χ4v) is 1.89. The number of ether oxygens (including phenoxy) is 1. The third-order valence-electron chi connectivity index (χ3n) is 2.74. The zero-order valence-corrected chi connectivity index (χ0v) is 12.7. The first-order valence-corrected chi connectivity index (χ1v) is 6.68. The van der Waals surface area contributed by atoms with Gasteiger partial charge in [-0.25, -0.2) is 9.78 Å². The van der Waals surface area contributed by atoms with E-state index in [1.54, 1.807) is 6.07 Å². The normalized spacial score (nSPS) is 10.2. The summed E-state index contributed by atoms with van der Waals surface area (Å²) in [6.07, 6.45) is 0. The first-order chi connectivity index (χ1) is 9.51. The highest BCUT2D eigenvalue weighted by Crippen LogP contribution is 2.25. The SMILES string of the molecule is COC(=O)c1ccc(N)c(Nc2ccc(Br)c(C)c2)n1. The molecule has 1 aromatic carbocycles. The topological polar surface area (TPSA) is 77.2 Å². The molecule has 0 spiro atoms. The van der Waals surface area contributed by atoms with E-state index in [4.69, 9.17) is 5.73 Å². The van der Waals surface area contributed by atoms with Crippen LogP contribution in [0.1, 0.15) is 16.1 Å². The minimum atomic E-state index is -0.500. The van der Waals surface area contributed by atoms with Gasteiger partial charge in [-0.1, -0.05) is 15.9 Å². The Bertz CT molecular complexity index is 659. The number of carbonyl (C=O) groups is 1. The van der Waals surface area contributed by atoms with E-state index in [1.807, 2.05) is 25.1 Å². The molecule has 0 aliphatic rings. The van der Waals surface area contributed by atoms with Gasteiger partial charge in [0.1, 0.15) is 0 Å².